The predicted molar refractivity (Wildman–Crippen MR) is 146 cm³/mol. The van der Waals surface area contributed by atoms with Crippen LogP contribution in [0, 0.1) is 5.92 Å². The summed E-state index contributed by atoms with van der Waals surface area (Å²) in [4.78, 5) is 25.2. The molecule has 3 N–H and O–H groups in total. The molecule has 3 rings (SSSR count). The quantitative estimate of drug-likeness (QED) is 0.363. The normalized spacial score (nSPS) is 15.8. The summed E-state index contributed by atoms with van der Waals surface area (Å²) in [5.41, 5.74) is 1.48. The van der Waals surface area contributed by atoms with E-state index in [2.05, 4.69) is 15.4 Å². The van der Waals surface area contributed by atoms with Crippen LogP contribution in [0.1, 0.15) is 57.4 Å². The van der Waals surface area contributed by atoms with Gasteiger partial charge >= 0.3 is 0 Å². The summed E-state index contributed by atoms with van der Waals surface area (Å²) in [6, 6.07) is 15.0. The van der Waals surface area contributed by atoms with Gasteiger partial charge in [0.25, 0.3) is 0 Å². The highest BCUT2D eigenvalue weighted by atomic mass is 32.2. The topological polar surface area (TPSA) is 114 Å². The summed E-state index contributed by atoms with van der Waals surface area (Å²) in [6.45, 7) is 1.40. The summed E-state index contributed by atoms with van der Waals surface area (Å²) in [5, 5.41) is 5.74. The number of benzene rings is 2. The van der Waals surface area contributed by atoms with Crippen molar-refractivity contribution in [3.8, 4) is 5.75 Å². The van der Waals surface area contributed by atoms with Crippen LogP contribution in [0.5, 0.6) is 5.75 Å². The van der Waals surface area contributed by atoms with Crippen molar-refractivity contribution in [2.45, 2.75) is 70.4 Å². The number of hydrogen-bond donors (Lipinski definition) is 3. The Labute approximate surface area is 220 Å². The van der Waals surface area contributed by atoms with E-state index in [1.54, 1.807) is 31.4 Å². The van der Waals surface area contributed by atoms with Gasteiger partial charge in [-0.05, 0) is 55.0 Å². The highest BCUT2D eigenvalue weighted by Gasteiger charge is 2.28. The smallest absolute Gasteiger partial charge is 0.242 e. The van der Waals surface area contributed by atoms with Crippen molar-refractivity contribution in [2.75, 3.05) is 17.6 Å². The predicted octanol–water partition coefficient (Wildman–Crippen LogP) is 4.03. The maximum Gasteiger partial charge on any atom is 0.242 e. The number of rotatable bonds is 13. The second-order valence-electron chi connectivity index (χ2n) is 9.83. The molecule has 2 aromatic rings. The van der Waals surface area contributed by atoms with E-state index in [1.807, 2.05) is 30.3 Å². The summed E-state index contributed by atoms with van der Waals surface area (Å²) >= 11 is 0. The average Bonchev–Trinajstić information content (AvgIpc) is 2.88. The number of methoxy groups -OCH3 is 1. The molecule has 1 aliphatic carbocycles. The van der Waals surface area contributed by atoms with Crippen LogP contribution in [0.25, 0.3) is 0 Å². The molecule has 0 aromatic heterocycles. The van der Waals surface area contributed by atoms with Crippen LogP contribution in [0.4, 0.5) is 5.69 Å². The molecule has 0 bridgehead atoms. The molecule has 0 saturated heterocycles. The first-order valence-corrected chi connectivity index (χ1v) is 14.7. The van der Waals surface area contributed by atoms with E-state index < -0.39 is 22.1 Å². The molecule has 0 aliphatic heterocycles. The Bertz CT molecular complexity index is 1100. The first-order valence-electron chi connectivity index (χ1n) is 13.0. The Kier molecular flexibility index (Phi) is 10.8. The van der Waals surface area contributed by atoms with Gasteiger partial charge in [0.15, 0.2) is 0 Å². The van der Waals surface area contributed by atoms with Crippen molar-refractivity contribution in [3.05, 3.63) is 60.2 Å². The SMILES string of the molecule is COc1ccc(NS(=O)(=O)C[C@@H](CCc2ccccc2)NC(=O)C(CC2CCCCC2)NC(C)=O)cc1. The zero-order valence-corrected chi connectivity index (χ0v) is 22.6. The zero-order chi connectivity index (χ0) is 26.7. The summed E-state index contributed by atoms with van der Waals surface area (Å²) in [6.07, 6.45) is 7.17. The van der Waals surface area contributed by atoms with Crippen molar-refractivity contribution in [3.63, 3.8) is 0 Å². The lowest BCUT2D eigenvalue weighted by molar-refractivity contribution is -0.129. The van der Waals surface area contributed by atoms with Crippen molar-refractivity contribution < 1.29 is 22.7 Å². The molecular formula is C28H39N3O5S. The van der Waals surface area contributed by atoms with Crippen LogP contribution >= 0.6 is 0 Å². The van der Waals surface area contributed by atoms with E-state index in [0.29, 0.717) is 36.6 Å². The summed E-state index contributed by atoms with van der Waals surface area (Å²) < 4.78 is 33.8. The summed E-state index contributed by atoms with van der Waals surface area (Å²) in [7, 11) is -2.23. The van der Waals surface area contributed by atoms with Gasteiger partial charge in [-0.2, -0.15) is 0 Å². The summed E-state index contributed by atoms with van der Waals surface area (Å²) in [5.74, 6) is 0.106. The zero-order valence-electron chi connectivity index (χ0n) is 21.7. The molecule has 0 heterocycles. The van der Waals surface area contributed by atoms with Crippen molar-refractivity contribution in [2.24, 2.45) is 5.92 Å². The van der Waals surface area contributed by atoms with Crippen molar-refractivity contribution in [1.82, 2.24) is 10.6 Å². The largest absolute Gasteiger partial charge is 0.497 e. The maximum absolute atomic E-state index is 13.3. The van der Waals surface area contributed by atoms with E-state index in [-0.39, 0.29) is 17.6 Å². The number of carbonyl (C=O) groups excluding carboxylic acids is 2. The Morgan fingerprint density at radius 3 is 2.27 bits per heavy atom. The fraction of sp³-hybridized carbons (Fsp3) is 0.500. The molecule has 2 aromatic carbocycles. The van der Waals surface area contributed by atoms with Gasteiger partial charge in [0, 0.05) is 18.7 Å². The number of aryl methyl sites for hydroxylation is 1. The number of amides is 2. The first kappa shape index (κ1) is 28.5. The molecule has 1 unspecified atom stereocenters. The number of sulfonamides is 1. The van der Waals surface area contributed by atoms with Gasteiger partial charge in [-0.15, -0.1) is 0 Å². The highest BCUT2D eigenvalue weighted by Crippen LogP contribution is 2.27. The fourth-order valence-electron chi connectivity index (χ4n) is 4.86. The van der Waals surface area contributed by atoms with Crippen molar-refractivity contribution in [1.29, 1.82) is 0 Å². The molecule has 2 atom stereocenters. The molecule has 8 nitrogen and oxygen atoms in total. The Morgan fingerprint density at radius 1 is 0.973 bits per heavy atom. The standard InChI is InChI=1S/C28H39N3O5S/c1-21(32)29-27(19-23-11-7-4-8-12-23)28(33)30-25(14-13-22-9-5-3-6-10-22)20-37(34,35)31-24-15-17-26(36-2)18-16-24/h3,5-6,9-10,15-18,23,25,27,31H,4,7-8,11-14,19-20H2,1-2H3,(H,29,32)(H,30,33)/t25-,27?/m1/s1. The molecule has 2 amide bonds. The van der Waals surface area contributed by atoms with Gasteiger partial charge in [-0.1, -0.05) is 62.4 Å². The van der Waals surface area contributed by atoms with E-state index in [1.165, 1.54) is 13.3 Å². The van der Waals surface area contributed by atoms with Gasteiger partial charge in [0.05, 0.1) is 12.9 Å². The molecule has 0 spiro atoms. The average molecular weight is 530 g/mol. The highest BCUT2D eigenvalue weighted by molar-refractivity contribution is 7.92. The van der Waals surface area contributed by atoms with Gasteiger partial charge in [-0.3, -0.25) is 14.3 Å². The van der Waals surface area contributed by atoms with E-state index in [0.717, 1.165) is 31.2 Å². The molecule has 37 heavy (non-hydrogen) atoms. The molecule has 1 aliphatic rings. The Hall–Kier alpha value is -3.07. The number of anilines is 1. The lowest BCUT2D eigenvalue weighted by Gasteiger charge is -2.28. The van der Waals surface area contributed by atoms with E-state index in [9.17, 15) is 18.0 Å². The van der Waals surface area contributed by atoms with Gasteiger partial charge < -0.3 is 15.4 Å². The Balaban J connectivity index is 1.71. The molecular weight excluding hydrogens is 490 g/mol. The molecule has 9 heteroatoms. The van der Waals surface area contributed by atoms with Crippen LogP contribution in [0.15, 0.2) is 54.6 Å². The van der Waals surface area contributed by atoms with Crippen LogP contribution in [0.3, 0.4) is 0 Å². The lowest BCUT2D eigenvalue weighted by Crippen LogP contribution is -2.51. The van der Waals surface area contributed by atoms with E-state index >= 15 is 0 Å². The second kappa shape index (κ2) is 14.0. The molecule has 1 saturated carbocycles. The fourth-order valence-corrected chi connectivity index (χ4v) is 6.22. The maximum atomic E-state index is 13.3. The molecule has 202 valence electrons. The minimum Gasteiger partial charge on any atom is -0.497 e. The number of hydrogen-bond acceptors (Lipinski definition) is 5. The van der Waals surface area contributed by atoms with Gasteiger partial charge in [0.2, 0.25) is 21.8 Å². The first-order chi connectivity index (χ1) is 17.7. The van der Waals surface area contributed by atoms with Gasteiger partial charge in [-0.25, -0.2) is 8.42 Å². The Morgan fingerprint density at radius 2 is 1.65 bits per heavy atom. The van der Waals surface area contributed by atoms with E-state index in [4.69, 9.17) is 4.74 Å². The third-order valence-electron chi connectivity index (χ3n) is 6.74. The minimum atomic E-state index is -3.77. The third-order valence-corrected chi connectivity index (χ3v) is 8.13. The monoisotopic (exact) mass is 529 g/mol. The lowest BCUT2D eigenvalue weighted by atomic mass is 9.84. The van der Waals surface area contributed by atoms with Crippen molar-refractivity contribution >= 4 is 27.5 Å². The minimum absolute atomic E-state index is 0.273. The number of nitrogens with one attached hydrogen (secondary N) is 3. The molecule has 1 fully saturated rings. The van der Waals surface area contributed by atoms with Crippen LogP contribution in [0.2, 0.25) is 0 Å². The van der Waals surface area contributed by atoms with Crippen LogP contribution in [-0.2, 0) is 26.0 Å². The molecule has 0 radical (unpaired) electrons. The van der Waals surface area contributed by atoms with Crippen LogP contribution in [-0.4, -0.2) is 45.2 Å². The van der Waals surface area contributed by atoms with Gasteiger partial charge in [0.1, 0.15) is 11.8 Å². The number of carbonyl (C=O) groups is 2. The third kappa shape index (κ3) is 10.1. The number of ether oxygens (including phenoxy) is 1. The second-order valence-corrected chi connectivity index (χ2v) is 11.6. The van der Waals surface area contributed by atoms with Crippen LogP contribution < -0.4 is 20.1 Å².